The molecule has 43 heavy (non-hydrogen) atoms. The molecule has 3 N–H and O–H groups in total. The Bertz CT molecular complexity index is 1140. The van der Waals surface area contributed by atoms with Crippen LogP contribution in [0, 0.1) is 5.92 Å². The summed E-state index contributed by atoms with van der Waals surface area (Å²) in [4.78, 5) is 27.1. The van der Waals surface area contributed by atoms with E-state index in [4.69, 9.17) is 19.1 Å². The molecule has 0 aromatic heterocycles. The molecular formula is C32H49ClN4O6. The monoisotopic (exact) mass is 620 g/mol. The third-order valence-electron chi connectivity index (χ3n) is 8.46. The van der Waals surface area contributed by atoms with Crippen LogP contribution in [0.1, 0.15) is 75.2 Å². The molecule has 1 spiro atoms. The summed E-state index contributed by atoms with van der Waals surface area (Å²) in [6, 6.07) is 13.2. The third-order valence-corrected chi connectivity index (χ3v) is 8.46. The number of rotatable bonds is 13. The molecule has 0 aliphatic carbocycles. The summed E-state index contributed by atoms with van der Waals surface area (Å²) in [5.41, 5.74) is 4.23. The highest BCUT2D eigenvalue weighted by Crippen LogP contribution is 2.36. The fourth-order valence-electron chi connectivity index (χ4n) is 5.68. The van der Waals surface area contributed by atoms with Crippen molar-refractivity contribution in [1.82, 2.24) is 20.8 Å². The maximum Gasteiger partial charge on any atom is 0.251 e. The number of aliphatic hydroxyl groups excluding tert-OH is 1. The normalized spacial score (nSPS) is 19.6. The molecule has 2 aromatic carbocycles. The number of piperidine rings is 1. The van der Waals surface area contributed by atoms with Crippen LogP contribution in [0.25, 0.3) is 0 Å². The molecule has 0 radical (unpaired) electrons. The molecule has 2 aliphatic rings. The van der Waals surface area contributed by atoms with Crippen LogP contribution in [0.5, 0.6) is 17.2 Å². The van der Waals surface area contributed by atoms with E-state index in [9.17, 15) is 9.90 Å². The Morgan fingerprint density at radius 1 is 1.12 bits per heavy atom. The molecular weight excluding hydrogens is 572 g/mol. The number of carbonyl (C=O) groups is 1. The Kier molecular flexibility index (Phi) is 13.5. The van der Waals surface area contributed by atoms with E-state index in [1.807, 2.05) is 17.2 Å². The first-order valence-electron chi connectivity index (χ1n) is 15.3. The van der Waals surface area contributed by atoms with Gasteiger partial charge in [0.25, 0.3) is 5.91 Å². The van der Waals surface area contributed by atoms with Crippen molar-refractivity contribution in [2.24, 2.45) is 5.92 Å². The summed E-state index contributed by atoms with van der Waals surface area (Å²) in [5.74, 6) is 1.71. The van der Waals surface area contributed by atoms with Crippen molar-refractivity contribution in [3.63, 3.8) is 0 Å². The summed E-state index contributed by atoms with van der Waals surface area (Å²) < 4.78 is 11.5. The van der Waals surface area contributed by atoms with Crippen molar-refractivity contribution >= 4 is 18.3 Å². The Morgan fingerprint density at radius 2 is 1.81 bits per heavy atom. The Balaban J connectivity index is 0.00000506. The molecule has 10 nitrogen and oxygen atoms in total. The number of unbranched alkanes of at least 4 members (excludes halogenated alkanes) is 1. The van der Waals surface area contributed by atoms with Crippen molar-refractivity contribution in [3.8, 4) is 17.2 Å². The molecule has 1 amide bonds. The van der Waals surface area contributed by atoms with E-state index in [2.05, 4.69) is 48.6 Å². The summed E-state index contributed by atoms with van der Waals surface area (Å²) in [6.45, 7) is 9.68. The van der Waals surface area contributed by atoms with Crippen molar-refractivity contribution in [3.05, 3.63) is 53.6 Å². The smallest absolute Gasteiger partial charge is 0.251 e. The Morgan fingerprint density at radius 3 is 2.42 bits per heavy atom. The van der Waals surface area contributed by atoms with Crippen LogP contribution in [0.15, 0.2) is 42.5 Å². The van der Waals surface area contributed by atoms with Crippen molar-refractivity contribution < 1.29 is 29.0 Å². The zero-order valence-electron chi connectivity index (χ0n) is 26.1. The maximum atomic E-state index is 11.9. The van der Waals surface area contributed by atoms with Gasteiger partial charge in [0.05, 0.1) is 7.11 Å². The average molecular weight is 621 g/mol. The third kappa shape index (κ3) is 8.60. The van der Waals surface area contributed by atoms with Gasteiger partial charge in [-0.05, 0) is 48.2 Å². The predicted molar refractivity (Wildman–Crippen MR) is 168 cm³/mol. The highest BCUT2D eigenvalue weighted by atomic mass is 35.5. The molecule has 2 aliphatic heterocycles. The SMILES string of the molecule is CCCCN1O[C@H]([C@H](O)C(CC)CC)NOC12CCN(Cc1ccc(Oc3ccc(C(=O)NC)cc3OC)cc1)CC2.Cl. The van der Waals surface area contributed by atoms with Crippen LogP contribution in [0.2, 0.25) is 0 Å². The van der Waals surface area contributed by atoms with Crippen molar-refractivity contribution in [2.75, 3.05) is 33.8 Å². The van der Waals surface area contributed by atoms with Gasteiger partial charge in [0, 0.05) is 51.6 Å². The molecule has 4 rings (SSSR count). The summed E-state index contributed by atoms with van der Waals surface area (Å²) in [6.07, 6.45) is 4.24. The highest BCUT2D eigenvalue weighted by molar-refractivity contribution is 5.94. The Labute approximate surface area is 262 Å². The molecule has 11 heteroatoms. The number of carbonyl (C=O) groups excluding carboxylic acids is 1. The van der Waals surface area contributed by atoms with Gasteiger partial charge in [0.1, 0.15) is 11.9 Å². The van der Waals surface area contributed by atoms with Crippen LogP contribution in [0.4, 0.5) is 0 Å². The minimum Gasteiger partial charge on any atom is -0.493 e. The van der Waals surface area contributed by atoms with Gasteiger partial charge in [0.15, 0.2) is 23.5 Å². The molecule has 2 saturated heterocycles. The van der Waals surface area contributed by atoms with Crippen LogP contribution >= 0.6 is 12.4 Å². The van der Waals surface area contributed by atoms with Crippen LogP contribution in [0.3, 0.4) is 0 Å². The van der Waals surface area contributed by atoms with Crippen molar-refractivity contribution in [1.29, 1.82) is 0 Å². The standard InChI is InChI=1S/C32H48N4O6.ClH/c1-6-9-18-36-32(42-34-31(41-36)29(37)24(7-2)8-3)16-19-35(20-17-32)22-23-10-13-26(14-11-23)40-27-15-12-25(30(38)33-4)21-28(27)39-5;/h10-15,21,24,29,31,34,37H,6-9,16-20,22H2,1-5H3,(H,33,38);1H/t29-,31-;/m1./s1. The number of methoxy groups -OCH3 is 1. The van der Waals surface area contributed by atoms with Crippen molar-refractivity contribution in [2.45, 2.75) is 83.9 Å². The lowest BCUT2D eigenvalue weighted by Gasteiger charge is -2.52. The summed E-state index contributed by atoms with van der Waals surface area (Å²) in [5, 5.41) is 15.5. The van der Waals surface area contributed by atoms with Crippen LogP contribution < -0.4 is 20.3 Å². The number of hydroxylamine groups is 3. The van der Waals surface area contributed by atoms with Gasteiger partial charge in [-0.1, -0.05) is 52.2 Å². The van der Waals surface area contributed by atoms with Crippen LogP contribution in [-0.4, -0.2) is 72.8 Å². The maximum absolute atomic E-state index is 11.9. The molecule has 0 unspecified atom stereocenters. The topological polar surface area (TPSA) is 105 Å². The van der Waals surface area contributed by atoms with Gasteiger partial charge in [-0.3, -0.25) is 19.4 Å². The molecule has 2 heterocycles. The second-order valence-corrected chi connectivity index (χ2v) is 11.2. The largest absolute Gasteiger partial charge is 0.493 e. The second kappa shape index (κ2) is 16.6. The first kappa shape index (κ1) is 35.0. The van der Waals surface area contributed by atoms with Crippen LogP contribution in [-0.2, 0) is 16.2 Å². The first-order chi connectivity index (χ1) is 20.4. The van der Waals surface area contributed by atoms with E-state index in [1.54, 1.807) is 32.4 Å². The van der Waals surface area contributed by atoms with Gasteiger partial charge in [-0.15, -0.1) is 12.4 Å². The van der Waals surface area contributed by atoms with Gasteiger partial charge in [-0.2, -0.15) is 10.5 Å². The number of benzene rings is 2. The average Bonchev–Trinajstić information content (AvgIpc) is 3.03. The van der Waals surface area contributed by atoms with E-state index < -0.39 is 18.1 Å². The highest BCUT2D eigenvalue weighted by Gasteiger charge is 2.48. The number of halogens is 1. The Hall–Kier alpha value is -2.44. The molecule has 0 saturated carbocycles. The number of hydrogen-bond acceptors (Lipinski definition) is 9. The lowest BCUT2D eigenvalue weighted by molar-refractivity contribution is -0.431. The van der Waals surface area contributed by atoms with E-state index >= 15 is 0 Å². The lowest BCUT2D eigenvalue weighted by Crippen LogP contribution is -2.67. The minimum absolute atomic E-state index is 0. The van der Waals surface area contributed by atoms with E-state index in [1.165, 1.54) is 5.56 Å². The second-order valence-electron chi connectivity index (χ2n) is 11.2. The van der Waals surface area contributed by atoms with Gasteiger partial charge in [0.2, 0.25) is 0 Å². The number of amides is 1. The number of nitrogens with one attached hydrogen (secondary N) is 2. The number of ether oxygens (including phenoxy) is 2. The fraction of sp³-hybridized carbons (Fsp3) is 0.594. The number of likely N-dealkylation sites (tertiary alicyclic amines) is 1. The molecule has 2 atom stereocenters. The van der Waals surface area contributed by atoms with Gasteiger partial charge >= 0.3 is 0 Å². The zero-order valence-corrected chi connectivity index (χ0v) is 27.0. The van der Waals surface area contributed by atoms with Gasteiger partial charge < -0.3 is 19.9 Å². The lowest BCUT2D eigenvalue weighted by atomic mass is 9.95. The minimum atomic E-state index is -0.628. The first-order valence-corrected chi connectivity index (χ1v) is 15.3. The molecule has 240 valence electrons. The van der Waals surface area contributed by atoms with E-state index in [0.29, 0.717) is 22.8 Å². The summed E-state index contributed by atoms with van der Waals surface area (Å²) >= 11 is 0. The number of hydrogen-bond donors (Lipinski definition) is 3. The quantitative estimate of drug-likeness (QED) is 0.277. The molecule has 2 aromatic rings. The van der Waals surface area contributed by atoms with Gasteiger partial charge in [-0.25, -0.2) is 0 Å². The number of nitrogens with zero attached hydrogens (tertiary/aromatic N) is 2. The zero-order chi connectivity index (χ0) is 30.1. The molecule has 2 fully saturated rings. The molecule has 0 bridgehead atoms. The number of aliphatic hydroxyl groups is 1. The van der Waals surface area contributed by atoms with E-state index in [-0.39, 0.29) is 24.2 Å². The fourth-order valence-corrected chi connectivity index (χ4v) is 5.68. The van der Waals surface area contributed by atoms with E-state index in [0.717, 1.165) is 64.7 Å². The summed E-state index contributed by atoms with van der Waals surface area (Å²) in [7, 11) is 3.15. The predicted octanol–water partition coefficient (Wildman–Crippen LogP) is 5.25.